The van der Waals surface area contributed by atoms with Crippen LogP contribution in [0.2, 0.25) is 0 Å². The molecule has 0 fully saturated rings. The van der Waals surface area contributed by atoms with Gasteiger partial charge in [0.1, 0.15) is 0 Å². The Balaban J connectivity index is 3.59. The lowest BCUT2D eigenvalue weighted by molar-refractivity contribution is -0.121. The van der Waals surface area contributed by atoms with Crippen molar-refractivity contribution in [3.8, 4) is 12.3 Å². The third-order valence-electron chi connectivity index (χ3n) is 1.70. The lowest BCUT2D eigenvalue weighted by Gasteiger charge is -2.16. The molecule has 96 valence electrons. The minimum Gasteiger partial charge on any atom is -0.355 e. The first-order chi connectivity index (χ1) is 7.85. The molecule has 0 bridgehead atoms. The zero-order valence-corrected chi connectivity index (χ0v) is 11.4. The fourth-order valence-electron chi connectivity index (χ4n) is 0.887. The number of carbonyl (C=O) groups is 2. The predicted molar refractivity (Wildman–Crippen MR) is 71.7 cm³/mol. The quantitative estimate of drug-likeness (QED) is 0.690. The second-order valence-corrected chi connectivity index (χ2v) is 6.28. The number of carbonyl (C=O) groups excluding carboxylic acids is 2. The van der Waals surface area contributed by atoms with Gasteiger partial charge in [-0.05, 0) is 0 Å². The SMILES string of the molecule is C#CCNC(=O)CCNC(=O)CSC(C)(C)C. The third-order valence-corrected chi connectivity index (χ3v) is 2.97. The van der Waals surface area contributed by atoms with E-state index in [-0.39, 0.29) is 29.5 Å². The van der Waals surface area contributed by atoms with E-state index in [9.17, 15) is 9.59 Å². The highest BCUT2D eigenvalue weighted by Gasteiger charge is 2.13. The highest BCUT2D eigenvalue weighted by molar-refractivity contribution is 8.01. The highest BCUT2D eigenvalue weighted by Crippen LogP contribution is 2.22. The molecule has 0 radical (unpaired) electrons. The summed E-state index contributed by atoms with van der Waals surface area (Å²) in [7, 11) is 0. The summed E-state index contributed by atoms with van der Waals surface area (Å²) in [6, 6.07) is 0. The van der Waals surface area contributed by atoms with Crippen molar-refractivity contribution in [2.24, 2.45) is 0 Å². The van der Waals surface area contributed by atoms with E-state index in [4.69, 9.17) is 6.42 Å². The van der Waals surface area contributed by atoms with Gasteiger partial charge in [-0.2, -0.15) is 0 Å². The monoisotopic (exact) mass is 256 g/mol. The molecule has 2 amide bonds. The Morgan fingerprint density at radius 3 is 2.41 bits per heavy atom. The predicted octanol–water partition coefficient (Wildman–Crippen LogP) is 0.774. The molecule has 0 spiro atoms. The molecule has 0 aromatic rings. The Morgan fingerprint density at radius 1 is 1.24 bits per heavy atom. The molecular weight excluding hydrogens is 236 g/mol. The van der Waals surface area contributed by atoms with Gasteiger partial charge < -0.3 is 10.6 Å². The van der Waals surface area contributed by atoms with Gasteiger partial charge >= 0.3 is 0 Å². The third kappa shape index (κ3) is 11.1. The van der Waals surface area contributed by atoms with Crippen LogP contribution in [0, 0.1) is 12.3 Å². The molecule has 0 aliphatic heterocycles. The van der Waals surface area contributed by atoms with E-state index in [2.05, 4.69) is 37.3 Å². The zero-order valence-electron chi connectivity index (χ0n) is 10.6. The summed E-state index contributed by atoms with van der Waals surface area (Å²) >= 11 is 1.58. The Hall–Kier alpha value is -1.15. The summed E-state index contributed by atoms with van der Waals surface area (Å²) in [6.07, 6.45) is 5.25. The van der Waals surface area contributed by atoms with Crippen LogP contribution in [0.4, 0.5) is 0 Å². The average Bonchev–Trinajstić information content (AvgIpc) is 2.22. The summed E-state index contributed by atoms with van der Waals surface area (Å²) in [4.78, 5) is 22.5. The first-order valence-corrected chi connectivity index (χ1v) is 6.44. The molecule has 2 N–H and O–H groups in total. The van der Waals surface area contributed by atoms with E-state index < -0.39 is 0 Å². The van der Waals surface area contributed by atoms with Crippen LogP contribution in [-0.2, 0) is 9.59 Å². The average molecular weight is 256 g/mol. The van der Waals surface area contributed by atoms with E-state index in [1.165, 1.54) is 0 Å². The molecule has 0 unspecified atom stereocenters. The first kappa shape index (κ1) is 15.9. The maximum Gasteiger partial charge on any atom is 0.230 e. The normalized spacial score (nSPS) is 10.5. The highest BCUT2D eigenvalue weighted by atomic mass is 32.2. The van der Waals surface area contributed by atoms with Crippen molar-refractivity contribution < 1.29 is 9.59 Å². The number of amides is 2. The molecule has 0 atom stereocenters. The molecule has 0 saturated carbocycles. The van der Waals surface area contributed by atoms with E-state index in [1.807, 2.05) is 0 Å². The van der Waals surface area contributed by atoms with Crippen molar-refractivity contribution in [1.82, 2.24) is 10.6 Å². The van der Waals surface area contributed by atoms with Crippen LogP contribution in [-0.4, -0.2) is 35.4 Å². The summed E-state index contributed by atoms with van der Waals surface area (Å²) in [5, 5.41) is 5.22. The molecule has 0 rings (SSSR count). The van der Waals surface area contributed by atoms with Gasteiger partial charge in [0.05, 0.1) is 12.3 Å². The molecule has 0 aromatic heterocycles. The fourth-order valence-corrected chi connectivity index (χ4v) is 1.55. The molecule has 4 nitrogen and oxygen atoms in total. The van der Waals surface area contributed by atoms with Gasteiger partial charge in [0.15, 0.2) is 0 Å². The Labute approximate surface area is 107 Å². The summed E-state index contributed by atoms with van der Waals surface area (Å²) in [5.41, 5.74) is 0. The summed E-state index contributed by atoms with van der Waals surface area (Å²) < 4.78 is 0.0709. The maximum absolute atomic E-state index is 11.4. The van der Waals surface area contributed by atoms with Gasteiger partial charge in [0.2, 0.25) is 11.8 Å². The number of hydrogen-bond donors (Lipinski definition) is 2. The molecule has 0 saturated heterocycles. The molecular formula is C12H20N2O2S. The molecule has 5 heteroatoms. The Kier molecular flexibility index (Phi) is 7.47. The first-order valence-electron chi connectivity index (χ1n) is 5.46. The van der Waals surface area contributed by atoms with Crippen molar-refractivity contribution in [1.29, 1.82) is 0 Å². The van der Waals surface area contributed by atoms with Gasteiger partial charge in [0, 0.05) is 17.7 Å². The number of nitrogens with one attached hydrogen (secondary N) is 2. The van der Waals surface area contributed by atoms with E-state index in [0.29, 0.717) is 12.3 Å². The van der Waals surface area contributed by atoms with E-state index in [1.54, 1.807) is 11.8 Å². The molecule has 17 heavy (non-hydrogen) atoms. The fraction of sp³-hybridized carbons (Fsp3) is 0.667. The largest absolute Gasteiger partial charge is 0.355 e. The van der Waals surface area contributed by atoms with Crippen LogP contribution >= 0.6 is 11.8 Å². The number of thioether (sulfide) groups is 1. The molecule has 0 aromatic carbocycles. The van der Waals surface area contributed by atoms with Gasteiger partial charge in [-0.15, -0.1) is 18.2 Å². The van der Waals surface area contributed by atoms with Crippen molar-refractivity contribution in [2.45, 2.75) is 31.9 Å². The van der Waals surface area contributed by atoms with Crippen LogP contribution in [0.15, 0.2) is 0 Å². The van der Waals surface area contributed by atoms with Gasteiger partial charge in [0.25, 0.3) is 0 Å². The second-order valence-electron chi connectivity index (χ2n) is 4.48. The number of rotatable bonds is 6. The Bertz CT molecular complexity index is 303. The summed E-state index contributed by atoms with van der Waals surface area (Å²) in [6.45, 7) is 6.74. The van der Waals surface area contributed by atoms with Gasteiger partial charge in [-0.1, -0.05) is 26.7 Å². The van der Waals surface area contributed by atoms with Crippen molar-refractivity contribution in [2.75, 3.05) is 18.8 Å². The van der Waals surface area contributed by atoms with Crippen LogP contribution < -0.4 is 10.6 Å². The summed E-state index contributed by atoms with van der Waals surface area (Å²) in [5.74, 6) is 2.53. The minimum atomic E-state index is -0.147. The second kappa shape index (κ2) is 8.02. The topological polar surface area (TPSA) is 58.2 Å². The zero-order chi connectivity index (χ0) is 13.3. The van der Waals surface area contributed by atoms with Gasteiger partial charge in [-0.25, -0.2) is 0 Å². The molecule has 0 heterocycles. The molecule has 0 aliphatic carbocycles. The lowest BCUT2D eigenvalue weighted by atomic mass is 10.3. The smallest absolute Gasteiger partial charge is 0.230 e. The number of hydrogen-bond acceptors (Lipinski definition) is 3. The van der Waals surface area contributed by atoms with Crippen LogP contribution in [0.3, 0.4) is 0 Å². The van der Waals surface area contributed by atoms with Crippen molar-refractivity contribution in [3.05, 3.63) is 0 Å². The van der Waals surface area contributed by atoms with E-state index >= 15 is 0 Å². The van der Waals surface area contributed by atoms with Crippen molar-refractivity contribution in [3.63, 3.8) is 0 Å². The van der Waals surface area contributed by atoms with Crippen LogP contribution in [0.25, 0.3) is 0 Å². The van der Waals surface area contributed by atoms with Gasteiger partial charge in [-0.3, -0.25) is 9.59 Å². The maximum atomic E-state index is 11.4. The standard InChI is InChI=1S/C12H20N2O2S/c1-5-7-13-10(15)6-8-14-11(16)9-17-12(2,3)4/h1H,6-9H2,2-4H3,(H,13,15)(H,14,16). The molecule has 0 aliphatic rings. The Morgan fingerprint density at radius 2 is 1.88 bits per heavy atom. The van der Waals surface area contributed by atoms with E-state index in [0.717, 1.165) is 0 Å². The van der Waals surface area contributed by atoms with Crippen molar-refractivity contribution >= 4 is 23.6 Å². The minimum absolute atomic E-state index is 0.0466. The number of terminal acetylenes is 1. The van der Waals surface area contributed by atoms with Crippen LogP contribution in [0.5, 0.6) is 0 Å². The lowest BCUT2D eigenvalue weighted by Crippen LogP contribution is -2.32. The van der Waals surface area contributed by atoms with Crippen LogP contribution in [0.1, 0.15) is 27.2 Å².